The zero-order chi connectivity index (χ0) is 12.3. The fourth-order valence-electron chi connectivity index (χ4n) is 1.84. The van der Waals surface area contributed by atoms with Crippen LogP contribution in [-0.2, 0) is 20.7 Å². The van der Waals surface area contributed by atoms with E-state index in [-0.39, 0.29) is 12.3 Å². The van der Waals surface area contributed by atoms with Crippen LogP contribution in [-0.4, -0.2) is 25.5 Å². The summed E-state index contributed by atoms with van der Waals surface area (Å²) in [6, 6.07) is 7.86. The second kappa shape index (κ2) is 5.19. The monoisotopic (exact) mass is 236 g/mol. The van der Waals surface area contributed by atoms with E-state index in [1.807, 2.05) is 24.3 Å². The zero-order valence-corrected chi connectivity index (χ0v) is 10.0. The molecule has 1 aromatic carbocycles. The van der Waals surface area contributed by atoms with Crippen molar-refractivity contribution in [3.8, 4) is 5.75 Å². The van der Waals surface area contributed by atoms with Gasteiger partial charge in [-0.15, -0.1) is 0 Å². The highest BCUT2D eigenvalue weighted by molar-refractivity contribution is 5.73. The molecule has 1 heterocycles. The van der Waals surface area contributed by atoms with Gasteiger partial charge in [-0.2, -0.15) is 0 Å². The van der Waals surface area contributed by atoms with Crippen molar-refractivity contribution in [3.63, 3.8) is 0 Å². The number of esters is 1. The summed E-state index contributed by atoms with van der Waals surface area (Å²) < 4.78 is 15.8. The Hall–Kier alpha value is -1.55. The van der Waals surface area contributed by atoms with Crippen molar-refractivity contribution < 1.29 is 19.0 Å². The van der Waals surface area contributed by atoms with Crippen LogP contribution in [0, 0.1) is 0 Å². The Morgan fingerprint density at radius 3 is 3.00 bits per heavy atom. The Morgan fingerprint density at radius 1 is 1.47 bits per heavy atom. The van der Waals surface area contributed by atoms with E-state index in [1.165, 1.54) is 12.7 Å². The highest BCUT2D eigenvalue weighted by atomic mass is 16.7. The summed E-state index contributed by atoms with van der Waals surface area (Å²) in [4.78, 5) is 11.2. The van der Waals surface area contributed by atoms with Gasteiger partial charge in [-0.05, 0) is 25.0 Å². The van der Waals surface area contributed by atoms with E-state index in [0.29, 0.717) is 0 Å². The van der Waals surface area contributed by atoms with Crippen LogP contribution in [0.2, 0.25) is 0 Å². The van der Waals surface area contributed by atoms with Crippen molar-refractivity contribution in [2.45, 2.75) is 32.2 Å². The van der Waals surface area contributed by atoms with Crippen LogP contribution in [0.25, 0.3) is 0 Å². The van der Waals surface area contributed by atoms with Gasteiger partial charge in [-0.25, -0.2) is 4.79 Å². The summed E-state index contributed by atoms with van der Waals surface area (Å²) >= 11 is 0. The number of methoxy groups -OCH3 is 1. The van der Waals surface area contributed by atoms with Gasteiger partial charge < -0.3 is 14.2 Å². The van der Waals surface area contributed by atoms with Gasteiger partial charge in [0.25, 0.3) is 0 Å². The van der Waals surface area contributed by atoms with E-state index in [2.05, 4.69) is 4.74 Å². The van der Waals surface area contributed by atoms with Crippen LogP contribution in [0.1, 0.15) is 18.9 Å². The Bertz CT molecular complexity index is 402. The molecule has 1 aromatic rings. The van der Waals surface area contributed by atoms with Gasteiger partial charge in [0.2, 0.25) is 6.29 Å². The van der Waals surface area contributed by atoms with Crippen molar-refractivity contribution in [1.82, 2.24) is 0 Å². The van der Waals surface area contributed by atoms with Gasteiger partial charge >= 0.3 is 5.97 Å². The maximum atomic E-state index is 11.2. The molecule has 17 heavy (non-hydrogen) atoms. The van der Waals surface area contributed by atoms with Gasteiger partial charge in [-0.3, -0.25) is 0 Å². The number of rotatable bonds is 3. The highest BCUT2D eigenvalue weighted by Crippen LogP contribution is 2.27. The minimum absolute atomic E-state index is 0.376. The molecule has 0 radical (unpaired) electrons. The Morgan fingerprint density at radius 2 is 2.24 bits per heavy atom. The molecule has 0 N–H and O–H groups in total. The van der Waals surface area contributed by atoms with Crippen molar-refractivity contribution in [2.75, 3.05) is 7.11 Å². The first kappa shape index (κ1) is 11.9. The van der Waals surface area contributed by atoms with Crippen LogP contribution in [0.4, 0.5) is 0 Å². The molecule has 4 nitrogen and oxygen atoms in total. The van der Waals surface area contributed by atoms with Crippen molar-refractivity contribution in [1.29, 1.82) is 0 Å². The van der Waals surface area contributed by atoms with Gasteiger partial charge in [0, 0.05) is 6.42 Å². The zero-order valence-electron chi connectivity index (χ0n) is 10.0. The first-order chi connectivity index (χ1) is 8.20. The third-order valence-corrected chi connectivity index (χ3v) is 2.77. The largest absolute Gasteiger partial charge is 0.467 e. The Kier molecular flexibility index (Phi) is 3.64. The number of para-hydroxylation sites is 1. The van der Waals surface area contributed by atoms with Crippen molar-refractivity contribution >= 4 is 5.97 Å². The SMILES string of the molecule is COC(=O)[C@H](C)O[C@@H]1CCc2ccccc2O1. The number of ether oxygens (including phenoxy) is 3. The third kappa shape index (κ3) is 2.77. The van der Waals surface area contributed by atoms with Crippen LogP contribution < -0.4 is 4.74 Å². The first-order valence-corrected chi connectivity index (χ1v) is 5.68. The van der Waals surface area contributed by atoms with Crippen LogP contribution in [0.3, 0.4) is 0 Å². The van der Waals surface area contributed by atoms with E-state index >= 15 is 0 Å². The molecule has 0 fully saturated rings. The number of carbonyl (C=O) groups is 1. The quantitative estimate of drug-likeness (QED) is 0.752. The lowest BCUT2D eigenvalue weighted by atomic mass is 10.1. The highest BCUT2D eigenvalue weighted by Gasteiger charge is 2.24. The van der Waals surface area contributed by atoms with E-state index < -0.39 is 6.10 Å². The maximum Gasteiger partial charge on any atom is 0.334 e. The fraction of sp³-hybridized carbons (Fsp3) is 0.462. The molecular formula is C13H16O4. The molecular weight excluding hydrogens is 220 g/mol. The molecule has 0 bridgehead atoms. The molecule has 0 spiro atoms. The van der Waals surface area contributed by atoms with E-state index in [9.17, 15) is 4.79 Å². The van der Waals surface area contributed by atoms with Crippen molar-refractivity contribution in [3.05, 3.63) is 29.8 Å². The summed E-state index contributed by atoms with van der Waals surface area (Å²) in [7, 11) is 1.35. The molecule has 0 amide bonds. The minimum atomic E-state index is -0.602. The van der Waals surface area contributed by atoms with Crippen LogP contribution in [0.5, 0.6) is 5.75 Å². The average molecular weight is 236 g/mol. The predicted octanol–water partition coefficient (Wildman–Crippen LogP) is 1.92. The number of aryl methyl sites for hydroxylation is 1. The Labute approximate surface area is 100 Å². The minimum Gasteiger partial charge on any atom is -0.467 e. The molecule has 0 saturated carbocycles. The maximum absolute atomic E-state index is 11.2. The van der Waals surface area contributed by atoms with E-state index in [0.717, 1.165) is 18.6 Å². The molecule has 92 valence electrons. The normalized spacial score (nSPS) is 20.0. The van der Waals surface area contributed by atoms with Gasteiger partial charge in [-0.1, -0.05) is 18.2 Å². The molecule has 1 aliphatic rings. The lowest BCUT2D eigenvalue weighted by molar-refractivity contribution is -0.172. The predicted molar refractivity (Wildman–Crippen MR) is 61.7 cm³/mol. The fourth-order valence-corrected chi connectivity index (χ4v) is 1.84. The summed E-state index contributed by atoms with van der Waals surface area (Å²) in [5.74, 6) is 0.452. The second-order valence-corrected chi connectivity index (χ2v) is 4.00. The number of hydrogen-bond donors (Lipinski definition) is 0. The molecule has 0 aliphatic carbocycles. The van der Waals surface area contributed by atoms with Gasteiger partial charge in [0.15, 0.2) is 6.10 Å². The molecule has 0 saturated heterocycles. The molecule has 1 aliphatic heterocycles. The van der Waals surface area contributed by atoms with Gasteiger partial charge in [0.05, 0.1) is 7.11 Å². The van der Waals surface area contributed by atoms with Gasteiger partial charge in [0.1, 0.15) is 5.75 Å². The third-order valence-electron chi connectivity index (χ3n) is 2.77. The van der Waals surface area contributed by atoms with Crippen LogP contribution in [0.15, 0.2) is 24.3 Å². The lowest BCUT2D eigenvalue weighted by Crippen LogP contribution is -2.33. The smallest absolute Gasteiger partial charge is 0.334 e. The first-order valence-electron chi connectivity index (χ1n) is 5.68. The second-order valence-electron chi connectivity index (χ2n) is 4.00. The molecule has 0 aromatic heterocycles. The summed E-state index contributed by atoms with van der Waals surface area (Å²) in [5, 5.41) is 0. The summed E-state index contributed by atoms with van der Waals surface area (Å²) in [6.45, 7) is 1.66. The molecule has 0 unspecified atom stereocenters. The number of carbonyl (C=O) groups excluding carboxylic acids is 1. The van der Waals surface area contributed by atoms with E-state index in [4.69, 9.17) is 9.47 Å². The number of fused-ring (bicyclic) bond motifs is 1. The molecule has 4 heteroatoms. The average Bonchev–Trinajstić information content (AvgIpc) is 2.37. The van der Waals surface area contributed by atoms with Crippen LogP contribution >= 0.6 is 0 Å². The van der Waals surface area contributed by atoms with Crippen molar-refractivity contribution in [2.24, 2.45) is 0 Å². The topological polar surface area (TPSA) is 44.8 Å². The number of hydrogen-bond acceptors (Lipinski definition) is 4. The van der Waals surface area contributed by atoms with E-state index in [1.54, 1.807) is 6.92 Å². The summed E-state index contributed by atoms with van der Waals surface area (Å²) in [6.07, 6.45) is 0.668. The molecule has 2 atom stereocenters. The Balaban J connectivity index is 1.96. The number of benzene rings is 1. The standard InChI is InChI=1S/C13H16O4/c1-9(13(14)15-2)16-12-8-7-10-5-3-4-6-11(10)17-12/h3-6,9,12H,7-8H2,1-2H3/t9-,12-/m0/s1. The lowest BCUT2D eigenvalue weighted by Gasteiger charge is -2.27. The molecule has 2 rings (SSSR count). The summed E-state index contributed by atoms with van der Waals surface area (Å²) in [5.41, 5.74) is 1.18.